The van der Waals surface area contributed by atoms with E-state index in [1.807, 2.05) is 0 Å². The molecule has 1 aliphatic heterocycles. The second-order valence-corrected chi connectivity index (χ2v) is 4.79. The van der Waals surface area contributed by atoms with Gasteiger partial charge in [0.25, 0.3) is 0 Å². The minimum atomic E-state index is -1.38. The molecule has 0 saturated carbocycles. The van der Waals surface area contributed by atoms with E-state index in [1.54, 1.807) is 12.1 Å². The standard InChI is InChI=1S/C12H14ClFN2O3/c13-8-5-7(15)1-2-10(8)19-11-3-4-16(12(17)18)6-9(11)14/h1-2,5,9,11H,3-4,6,15H2,(H,17,18)/t9-,11-/m0/s1. The highest BCUT2D eigenvalue weighted by Gasteiger charge is 2.33. The molecule has 0 aromatic heterocycles. The van der Waals surface area contributed by atoms with Crippen LogP contribution in [0.1, 0.15) is 6.42 Å². The molecule has 0 aliphatic carbocycles. The van der Waals surface area contributed by atoms with Crippen LogP contribution in [0.15, 0.2) is 18.2 Å². The molecule has 0 spiro atoms. The van der Waals surface area contributed by atoms with Crippen molar-refractivity contribution in [2.45, 2.75) is 18.7 Å². The maximum Gasteiger partial charge on any atom is 0.407 e. The van der Waals surface area contributed by atoms with Gasteiger partial charge in [0, 0.05) is 18.7 Å². The maximum atomic E-state index is 13.9. The molecule has 3 N–H and O–H groups in total. The van der Waals surface area contributed by atoms with Gasteiger partial charge in [-0.15, -0.1) is 0 Å². The molecule has 1 saturated heterocycles. The van der Waals surface area contributed by atoms with Crippen molar-refractivity contribution in [1.82, 2.24) is 4.90 Å². The summed E-state index contributed by atoms with van der Waals surface area (Å²) in [6, 6.07) is 4.71. The number of nitrogens with two attached hydrogens (primary N) is 1. The molecule has 5 nitrogen and oxygen atoms in total. The van der Waals surface area contributed by atoms with E-state index in [0.29, 0.717) is 16.5 Å². The van der Waals surface area contributed by atoms with Gasteiger partial charge in [-0.1, -0.05) is 11.6 Å². The number of anilines is 1. The van der Waals surface area contributed by atoms with E-state index < -0.39 is 18.4 Å². The van der Waals surface area contributed by atoms with Crippen LogP contribution in [0.25, 0.3) is 0 Å². The summed E-state index contributed by atoms with van der Waals surface area (Å²) >= 11 is 5.94. The summed E-state index contributed by atoms with van der Waals surface area (Å²) in [5.41, 5.74) is 6.05. The number of hydrogen-bond donors (Lipinski definition) is 2. The highest BCUT2D eigenvalue weighted by Crippen LogP contribution is 2.29. The molecule has 0 radical (unpaired) electrons. The van der Waals surface area contributed by atoms with Crippen LogP contribution in [0, 0.1) is 0 Å². The quantitative estimate of drug-likeness (QED) is 0.819. The Labute approximate surface area is 114 Å². The summed E-state index contributed by atoms with van der Waals surface area (Å²) in [6.45, 7) is 0.0552. The molecule has 1 heterocycles. The molecule has 1 aromatic rings. The number of likely N-dealkylation sites (tertiary alicyclic amines) is 1. The van der Waals surface area contributed by atoms with Crippen LogP contribution < -0.4 is 10.5 Å². The molecule has 1 aliphatic rings. The second kappa shape index (κ2) is 5.52. The van der Waals surface area contributed by atoms with E-state index in [4.69, 9.17) is 27.2 Å². The monoisotopic (exact) mass is 288 g/mol. The Morgan fingerprint density at radius 3 is 2.89 bits per heavy atom. The Balaban J connectivity index is 2.02. The number of piperidine rings is 1. The summed E-state index contributed by atoms with van der Waals surface area (Å²) in [4.78, 5) is 11.8. The lowest BCUT2D eigenvalue weighted by Gasteiger charge is -2.33. The van der Waals surface area contributed by atoms with Gasteiger partial charge in [-0.05, 0) is 18.2 Å². The number of carbonyl (C=O) groups is 1. The molecular weight excluding hydrogens is 275 g/mol. The van der Waals surface area contributed by atoms with Crippen molar-refractivity contribution in [3.8, 4) is 5.75 Å². The highest BCUT2D eigenvalue weighted by atomic mass is 35.5. The Morgan fingerprint density at radius 2 is 2.32 bits per heavy atom. The van der Waals surface area contributed by atoms with Crippen molar-refractivity contribution in [2.75, 3.05) is 18.8 Å². The van der Waals surface area contributed by atoms with Gasteiger partial charge >= 0.3 is 6.09 Å². The van der Waals surface area contributed by atoms with Gasteiger partial charge in [0.15, 0.2) is 6.17 Å². The van der Waals surface area contributed by atoms with Crippen molar-refractivity contribution >= 4 is 23.4 Å². The average molecular weight is 289 g/mol. The largest absolute Gasteiger partial charge is 0.486 e. The molecule has 0 unspecified atom stereocenters. The molecule has 7 heteroatoms. The topological polar surface area (TPSA) is 75.8 Å². The first-order chi connectivity index (χ1) is 8.97. The van der Waals surface area contributed by atoms with Crippen LogP contribution in [-0.4, -0.2) is 41.5 Å². The van der Waals surface area contributed by atoms with E-state index >= 15 is 0 Å². The van der Waals surface area contributed by atoms with Gasteiger partial charge in [-0.3, -0.25) is 0 Å². The molecule has 104 valence electrons. The second-order valence-electron chi connectivity index (χ2n) is 4.38. The fraction of sp³-hybridized carbons (Fsp3) is 0.417. The summed E-state index contributed by atoms with van der Waals surface area (Å²) in [5.74, 6) is 0.354. The van der Waals surface area contributed by atoms with Crippen LogP contribution in [-0.2, 0) is 0 Å². The lowest BCUT2D eigenvalue weighted by Crippen LogP contribution is -2.48. The smallest absolute Gasteiger partial charge is 0.407 e. The van der Waals surface area contributed by atoms with Gasteiger partial charge in [-0.2, -0.15) is 0 Å². The summed E-state index contributed by atoms with van der Waals surface area (Å²) in [7, 11) is 0. The van der Waals surface area contributed by atoms with Crippen molar-refractivity contribution in [3.05, 3.63) is 23.2 Å². The zero-order valence-corrected chi connectivity index (χ0v) is 10.8. The lowest BCUT2D eigenvalue weighted by atomic mass is 10.1. The van der Waals surface area contributed by atoms with E-state index in [2.05, 4.69) is 0 Å². The molecule has 1 fully saturated rings. The number of carboxylic acid groups (broad SMARTS) is 1. The van der Waals surface area contributed by atoms with Crippen molar-refractivity contribution in [1.29, 1.82) is 0 Å². The summed E-state index contributed by atoms with van der Waals surface area (Å²) < 4.78 is 19.4. The fourth-order valence-electron chi connectivity index (χ4n) is 1.97. The third kappa shape index (κ3) is 3.20. The number of benzene rings is 1. The summed E-state index contributed by atoms with van der Waals surface area (Å²) in [5, 5.41) is 9.10. The zero-order valence-electron chi connectivity index (χ0n) is 10.1. The number of ether oxygens (including phenoxy) is 1. The SMILES string of the molecule is Nc1ccc(O[C@H]2CCN(C(=O)O)C[C@@H]2F)c(Cl)c1. The van der Waals surface area contributed by atoms with Gasteiger partial charge in [0.2, 0.25) is 0 Å². The molecule has 2 rings (SSSR count). The van der Waals surface area contributed by atoms with Crippen LogP contribution in [0.3, 0.4) is 0 Å². The molecular formula is C12H14ClFN2O3. The number of nitrogens with zero attached hydrogens (tertiary/aromatic N) is 1. The number of amides is 1. The van der Waals surface area contributed by atoms with Crippen molar-refractivity contribution in [2.24, 2.45) is 0 Å². The normalized spacial score (nSPS) is 23.2. The molecule has 1 aromatic carbocycles. The molecule has 0 bridgehead atoms. The molecule has 2 atom stereocenters. The first kappa shape index (κ1) is 13.7. The predicted octanol–water partition coefficient (Wildman–Crippen LogP) is 2.39. The highest BCUT2D eigenvalue weighted by molar-refractivity contribution is 6.32. The van der Waals surface area contributed by atoms with Crippen LogP contribution in [0.5, 0.6) is 5.75 Å². The number of hydrogen-bond acceptors (Lipinski definition) is 3. The first-order valence-electron chi connectivity index (χ1n) is 5.81. The Kier molecular flexibility index (Phi) is 3.99. The predicted molar refractivity (Wildman–Crippen MR) is 69.4 cm³/mol. The first-order valence-corrected chi connectivity index (χ1v) is 6.19. The number of alkyl halides is 1. The van der Waals surface area contributed by atoms with Gasteiger partial charge in [0.1, 0.15) is 11.9 Å². The van der Waals surface area contributed by atoms with E-state index in [-0.39, 0.29) is 19.5 Å². The van der Waals surface area contributed by atoms with Gasteiger partial charge in [0.05, 0.1) is 11.6 Å². The van der Waals surface area contributed by atoms with E-state index in [0.717, 1.165) is 4.90 Å². The Bertz CT molecular complexity index is 486. The third-order valence-electron chi connectivity index (χ3n) is 2.99. The maximum absolute atomic E-state index is 13.9. The number of halogens is 2. The zero-order chi connectivity index (χ0) is 14.0. The van der Waals surface area contributed by atoms with Crippen LogP contribution in [0.2, 0.25) is 5.02 Å². The third-order valence-corrected chi connectivity index (χ3v) is 3.28. The fourth-order valence-corrected chi connectivity index (χ4v) is 2.20. The van der Waals surface area contributed by atoms with Crippen LogP contribution >= 0.6 is 11.6 Å². The Morgan fingerprint density at radius 1 is 1.58 bits per heavy atom. The van der Waals surface area contributed by atoms with Crippen molar-refractivity contribution < 1.29 is 19.0 Å². The van der Waals surface area contributed by atoms with Crippen LogP contribution in [0.4, 0.5) is 14.9 Å². The number of nitrogen functional groups attached to an aromatic ring is 1. The minimum Gasteiger partial charge on any atom is -0.486 e. The van der Waals surface area contributed by atoms with E-state index in [9.17, 15) is 9.18 Å². The Hall–Kier alpha value is -1.69. The minimum absolute atomic E-state index is 0.188. The molecule has 1 amide bonds. The van der Waals surface area contributed by atoms with E-state index in [1.165, 1.54) is 6.07 Å². The average Bonchev–Trinajstić information content (AvgIpc) is 2.34. The van der Waals surface area contributed by atoms with Crippen molar-refractivity contribution in [3.63, 3.8) is 0 Å². The molecule has 19 heavy (non-hydrogen) atoms. The van der Waals surface area contributed by atoms with Gasteiger partial charge < -0.3 is 20.5 Å². The summed E-state index contributed by atoms with van der Waals surface area (Å²) in [6.07, 6.45) is -2.91. The van der Waals surface area contributed by atoms with Gasteiger partial charge in [-0.25, -0.2) is 9.18 Å². The lowest BCUT2D eigenvalue weighted by molar-refractivity contribution is 0.0249. The number of rotatable bonds is 2.